The van der Waals surface area contributed by atoms with Gasteiger partial charge in [0.15, 0.2) is 0 Å². The third kappa shape index (κ3) is 3.45. The van der Waals surface area contributed by atoms with Crippen LogP contribution in [0.5, 0.6) is 0 Å². The molecule has 0 spiro atoms. The van der Waals surface area contributed by atoms with Gasteiger partial charge in [-0.15, -0.1) is 0 Å². The standard InChI is InChI=1S/C15H19NOSi/c1-18(14-8-3-2-4-9-14)17-12-11-13-7-5-6-10-15(13)16/h2-10,18H,11-12,16H2,1H3. The Morgan fingerprint density at radius 2 is 1.67 bits per heavy atom. The third-order valence-corrected chi connectivity index (χ3v) is 5.12. The van der Waals surface area contributed by atoms with Crippen LogP contribution in [0.1, 0.15) is 5.56 Å². The van der Waals surface area contributed by atoms with E-state index < -0.39 is 9.04 Å². The predicted octanol–water partition coefficient (Wildman–Crippen LogP) is 2.09. The van der Waals surface area contributed by atoms with Gasteiger partial charge in [0, 0.05) is 12.3 Å². The van der Waals surface area contributed by atoms with Crippen LogP contribution in [0.15, 0.2) is 54.6 Å². The summed E-state index contributed by atoms with van der Waals surface area (Å²) in [6.45, 7) is 2.96. The van der Waals surface area contributed by atoms with Gasteiger partial charge in [0.05, 0.1) is 0 Å². The molecule has 0 aromatic heterocycles. The highest BCUT2D eigenvalue weighted by atomic mass is 28.3. The fourth-order valence-corrected chi connectivity index (χ4v) is 3.36. The Morgan fingerprint density at radius 1 is 1.00 bits per heavy atom. The highest BCUT2D eigenvalue weighted by molar-refractivity contribution is 6.66. The molecule has 1 unspecified atom stereocenters. The number of anilines is 1. The van der Waals surface area contributed by atoms with Gasteiger partial charge in [-0.3, -0.25) is 0 Å². The Kier molecular flexibility index (Phi) is 4.56. The molecule has 3 heteroatoms. The fraction of sp³-hybridized carbons (Fsp3) is 0.200. The SMILES string of the molecule is C[SiH](OCCc1ccccc1N)c1ccccc1. The average Bonchev–Trinajstić information content (AvgIpc) is 2.42. The molecule has 0 saturated heterocycles. The quantitative estimate of drug-likeness (QED) is 0.657. The number of para-hydroxylation sites is 1. The summed E-state index contributed by atoms with van der Waals surface area (Å²) in [6.07, 6.45) is 0.886. The van der Waals surface area contributed by atoms with Crippen molar-refractivity contribution >= 4 is 19.9 Å². The largest absolute Gasteiger partial charge is 0.415 e. The molecule has 2 rings (SSSR count). The summed E-state index contributed by atoms with van der Waals surface area (Å²) in [5, 5.41) is 1.35. The zero-order valence-electron chi connectivity index (χ0n) is 10.7. The van der Waals surface area contributed by atoms with Crippen LogP contribution >= 0.6 is 0 Å². The van der Waals surface area contributed by atoms with E-state index in [9.17, 15) is 0 Å². The average molecular weight is 257 g/mol. The number of nitrogens with two attached hydrogens (primary N) is 1. The van der Waals surface area contributed by atoms with Crippen LogP contribution < -0.4 is 10.9 Å². The van der Waals surface area contributed by atoms with Gasteiger partial charge >= 0.3 is 0 Å². The summed E-state index contributed by atoms with van der Waals surface area (Å²) in [4.78, 5) is 0. The lowest BCUT2D eigenvalue weighted by Crippen LogP contribution is -2.30. The van der Waals surface area contributed by atoms with Gasteiger partial charge < -0.3 is 10.2 Å². The van der Waals surface area contributed by atoms with E-state index in [1.807, 2.05) is 24.3 Å². The van der Waals surface area contributed by atoms with Gasteiger partial charge in [-0.25, -0.2) is 0 Å². The maximum absolute atomic E-state index is 5.97. The lowest BCUT2D eigenvalue weighted by molar-refractivity contribution is 0.334. The minimum atomic E-state index is -1.26. The number of rotatable bonds is 5. The number of nitrogen functional groups attached to an aromatic ring is 1. The van der Waals surface area contributed by atoms with E-state index in [2.05, 4.69) is 36.9 Å². The van der Waals surface area contributed by atoms with Crippen molar-refractivity contribution in [2.45, 2.75) is 13.0 Å². The van der Waals surface area contributed by atoms with Crippen molar-refractivity contribution < 1.29 is 4.43 Å². The lowest BCUT2D eigenvalue weighted by Gasteiger charge is -2.12. The van der Waals surface area contributed by atoms with Gasteiger partial charge in [0.2, 0.25) is 9.04 Å². The predicted molar refractivity (Wildman–Crippen MR) is 79.6 cm³/mol. The Morgan fingerprint density at radius 3 is 2.39 bits per heavy atom. The third-order valence-electron chi connectivity index (χ3n) is 3.06. The molecule has 0 amide bonds. The maximum atomic E-state index is 5.97. The Bertz CT molecular complexity index is 487. The molecule has 2 aromatic rings. The lowest BCUT2D eigenvalue weighted by atomic mass is 10.1. The molecule has 0 saturated carbocycles. The molecular formula is C15H19NOSi. The second-order valence-corrected chi connectivity index (χ2v) is 6.66. The van der Waals surface area contributed by atoms with Crippen LogP contribution in [-0.4, -0.2) is 15.6 Å². The Labute approximate surface area is 110 Å². The molecule has 94 valence electrons. The molecule has 2 N–H and O–H groups in total. The van der Waals surface area contributed by atoms with Gasteiger partial charge in [0.1, 0.15) is 0 Å². The van der Waals surface area contributed by atoms with Gasteiger partial charge in [-0.05, 0) is 29.8 Å². The summed E-state index contributed by atoms with van der Waals surface area (Å²) in [5.41, 5.74) is 7.93. The highest BCUT2D eigenvalue weighted by Crippen LogP contribution is 2.11. The van der Waals surface area contributed by atoms with Gasteiger partial charge in [0.25, 0.3) is 0 Å². The van der Waals surface area contributed by atoms with Gasteiger partial charge in [-0.2, -0.15) is 0 Å². The van der Waals surface area contributed by atoms with E-state index in [0.717, 1.165) is 18.7 Å². The van der Waals surface area contributed by atoms with Crippen LogP contribution in [0.2, 0.25) is 6.55 Å². The number of hydrogen-bond donors (Lipinski definition) is 1. The highest BCUT2D eigenvalue weighted by Gasteiger charge is 2.07. The zero-order chi connectivity index (χ0) is 12.8. The van der Waals surface area contributed by atoms with Crippen LogP contribution in [0.25, 0.3) is 0 Å². The number of hydrogen-bond acceptors (Lipinski definition) is 2. The number of benzene rings is 2. The smallest absolute Gasteiger partial charge is 0.205 e. The van der Waals surface area contributed by atoms with Crippen molar-refractivity contribution in [2.75, 3.05) is 12.3 Å². The summed E-state index contributed by atoms with van der Waals surface area (Å²) < 4.78 is 5.97. The summed E-state index contributed by atoms with van der Waals surface area (Å²) in [6, 6.07) is 18.4. The monoisotopic (exact) mass is 257 g/mol. The second-order valence-electron chi connectivity index (χ2n) is 4.37. The van der Waals surface area contributed by atoms with Crippen LogP contribution in [0.3, 0.4) is 0 Å². The van der Waals surface area contributed by atoms with E-state index in [0.29, 0.717) is 0 Å². The minimum Gasteiger partial charge on any atom is -0.415 e. The normalized spacial score (nSPS) is 12.3. The van der Waals surface area contributed by atoms with Crippen LogP contribution in [-0.2, 0) is 10.8 Å². The molecule has 0 aliphatic rings. The first-order chi connectivity index (χ1) is 8.77. The van der Waals surface area contributed by atoms with E-state index in [1.54, 1.807) is 0 Å². The van der Waals surface area contributed by atoms with Crippen molar-refractivity contribution in [2.24, 2.45) is 0 Å². The van der Waals surface area contributed by atoms with Crippen molar-refractivity contribution in [3.05, 3.63) is 60.2 Å². The first-order valence-electron chi connectivity index (χ1n) is 6.27. The van der Waals surface area contributed by atoms with Gasteiger partial charge in [-0.1, -0.05) is 48.5 Å². The second kappa shape index (κ2) is 6.38. The molecule has 1 atom stereocenters. The molecule has 0 bridgehead atoms. The molecule has 18 heavy (non-hydrogen) atoms. The zero-order valence-corrected chi connectivity index (χ0v) is 11.8. The van der Waals surface area contributed by atoms with Crippen LogP contribution in [0.4, 0.5) is 5.69 Å². The molecule has 0 aliphatic heterocycles. The Hall–Kier alpha value is -1.58. The Balaban J connectivity index is 1.84. The summed E-state index contributed by atoms with van der Waals surface area (Å²) in [7, 11) is -1.26. The molecule has 0 radical (unpaired) electrons. The van der Waals surface area contributed by atoms with E-state index >= 15 is 0 Å². The van der Waals surface area contributed by atoms with E-state index in [-0.39, 0.29) is 0 Å². The minimum absolute atomic E-state index is 0.747. The summed E-state index contributed by atoms with van der Waals surface area (Å²) in [5.74, 6) is 0. The van der Waals surface area contributed by atoms with E-state index in [4.69, 9.17) is 10.2 Å². The van der Waals surface area contributed by atoms with Crippen molar-refractivity contribution in [1.29, 1.82) is 0 Å². The van der Waals surface area contributed by atoms with Crippen molar-refractivity contribution in [3.8, 4) is 0 Å². The van der Waals surface area contributed by atoms with Crippen molar-refractivity contribution in [3.63, 3.8) is 0 Å². The molecular weight excluding hydrogens is 238 g/mol. The molecule has 0 heterocycles. The van der Waals surface area contributed by atoms with E-state index in [1.165, 1.54) is 10.8 Å². The summed E-state index contributed by atoms with van der Waals surface area (Å²) >= 11 is 0. The maximum Gasteiger partial charge on any atom is 0.205 e. The molecule has 2 nitrogen and oxygen atoms in total. The van der Waals surface area contributed by atoms with Crippen molar-refractivity contribution in [1.82, 2.24) is 0 Å². The first-order valence-corrected chi connectivity index (χ1v) is 8.47. The fourth-order valence-electron chi connectivity index (χ4n) is 1.93. The topological polar surface area (TPSA) is 35.2 Å². The molecule has 0 aliphatic carbocycles. The molecule has 2 aromatic carbocycles. The van der Waals surface area contributed by atoms with Crippen LogP contribution in [0, 0.1) is 0 Å². The molecule has 0 fully saturated rings. The first kappa shape index (κ1) is 12.9.